The molecule has 3 fully saturated rings. The third-order valence-corrected chi connectivity index (χ3v) is 7.06. The molecule has 4 N–H and O–H groups in total. The highest BCUT2D eigenvalue weighted by atomic mass is 19.1. The van der Waals surface area contributed by atoms with Gasteiger partial charge in [-0.2, -0.15) is 0 Å². The van der Waals surface area contributed by atoms with Crippen LogP contribution >= 0.6 is 0 Å². The van der Waals surface area contributed by atoms with Crippen molar-refractivity contribution in [3.8, 4) is 0 Å². The lowest BCUT2D eigenvalue weighted by atomic mass is 9.83. The zero-order chi connectivity index (χ0) is 20.6. The van der Waals surface area contributed by atoms with Crippen LogP contribution in [0.5, 0.6) is 0 Å². The molecule has 0 unspecified atom stereocenters. The standard InChI is InChI=1S/C21H27FN4O3/c22-15-5-4-6-16(13-15)26-18(27)14-17(19(26)28)24-11-7-21(8-12-24,20(23)29)25-9-2-1-3-10-25/h4-6,13,17H,1-3,7-12,14H2,(H2,23,29)/p+2/t17-/m1/s1. The van der Waals surface area contributed by atoms with E-state index < -0.39 is 17.4 Å². The number of likely N-dealkylation sites (tertiary alicyclic amines) is 2. The number of nitrogens with two attached hydrogens (primary N) is 1. The first kappa shape index (κ1) is 20.0. The van der Waals surface area contributed by atoms with Crippen molar-refractivity contribution in [2.75, 3.05) is 31.1 Å². The Morgan fingerprint density at radius 3 is 2.41 bits per heavy atom. The van der Waals surface area contributed by atoms with Gasteiger partial charge < -0.3 is 15.5 Å². The zero-order valence-electron chi connectivity index (χ0n) is 16.6. The maximum atomic E-state index is 13.6. The number of anilines is 1. The highest BCUT2D eigenvalue weighted by Gasteiger charge is 2.54. The van der Waals surface area contributed by atoms with Crippen LogP contribution in [-0.2, 0) is 14.4 Å². The summed E-state index contributed by atoms with van der Waals surface area (Å²) in [5.74, 6) is -1.31. The maximum Gasteiger partial charge on any atom is 0.292 e. The first-order valence-corrected chi connectivity index (χ1v) is 10.5. The Morgan fingerprint density at radius 1 is 1.10 bits per heavy atom. The summed E-state index contributed by atoms with van der Waals surface area (Å²) in [6.45, 7) is 3.19. The maximum absolute atomic E-state index is 13.6. The van der Waals surface area contributed by atoms with Crippen LogP contribution in [0.2, 0.25) is 0 Å². The second kappa shape index (κ2) is 7.84. The minimum absolute atomic E-state index is 0.116. The highest BCUT2D eigenvalue weighted by molar-refractivity contribution is 6.21. The molecular weight excluding hydrogens is 375 g/mol. The molecule has 0 spiro atoms. The molecule has 1 atom stereocenters. The van der Waals surface area contributed by atoms with E-state index in [1.54, 1.807) is 6.07 Å². The number of hydrogen-bond donors (Lipinski definition) is 3. The molecule has 1 aromatic carbocycles. The average molecular weight is 404 g/mol. The zero-order valence-corrected chi connectivity index (χ0v) is 16.6. The summed E-state index contributed by atoms with van der Waals surface area (Å²) in [7, 11) is 0. The number of nitrogens with one attached hydrogen (secondary N) is 2. The molecule has 3 heterocycles. The van der Waals surface area contributed by atoms with E-state index in [0.29, 0.717) is 25.9 Å². The Morgan fingerprint density at radius 2 is 1.79 bits per heavy atom. The molecule has 0 aliphatic carbocycles. The minimum Gasteiger partial charge on any atom is -0.364 e. The van der Waals surface area contributed by atoms with E-state index in [1.165, 1.54) is 29.5 Å². The molecule has 156 valence electrons. The molecule has 3 saturated heterocycles. The van der Waals surface area contributed by atoms with Gasteiger partial charge in [0.1, 0.15) is 5.82 Å². The summed E-state index contributed by atoms with van der Waals surface area (Å²) < 4.78 is 13.6. The molecule has 7 nitrogen and oxygen atoms in total. The number of carbonyl (C=O) groups is 3. The normalized spacial score (nSPS) is 31.3. The molecule has 1 aromatic rings. The Labute approximate surface area is 169 Å². The number of hydrogen-bond acceptors (Lipinski definition) is 3. The van der Waals surface area contributed by atoms with Crippen LogP contribution in [0, 0.1) is 5.82 Å². The number of imide groups is 1. The average Bonchev–Trinajstić information content (AvgIpc) is 3.02. The van der Waals surface area contributed by atoms with Gasteiger partial charge in [0.25, 0.3) is 11.8 Å². The fourth-order valence-electron chi connectivity index (χ4n) is 5.42. The van der Waals surface area contributed by atoms with Crippen LogP contribution in [-0.4, -0.2) is 55.5 Å². The van der Waals surface area contributed by atoms with Crippen LogP contribution in [0.1, 0.15) is 38.5 Å². The Bertz CT molecular complexity index is 816. The lowest BCUT2D eigenvalue weighted by molar-refractivity contribution is -0.978. The molecule has 3 amide bonds. The first-order chi connectivity index (χ1) is 13.9. The summed E-state index contributed by atoms with van der Waals surface area (Å²) in [5.41, 5.74) is 5.58. The van der Waals surface area contributed by atoms with E-state index in [2.05, 4.69) is 0 Å². The van der Waals surface area contributed by atoms with Gasteiger partial charge in [0.15, 0.2) is 11.6 Å². The number of primary amides is 1. The van der Waals surface area contributed by atoms with E-state index >= 15 is 0 Å². The van der Waals surface area contributed by atoms with Gasteiger partial charge in [0, 0.05) is 0 Å². The quantitative estimate of drug-likeness (QED) is 0.530. The van der Waals surface area contributed by atoms with Gasteiger partial charge in [-0.15, -0.1) is 0 Å². The lowest BCUT2D eigenvalue weighted by Crippen LogP contribution is -3.27. The molecule has 8 heteroatoms. The van der Waals surface area contributed by atoms with Gasteiger partial charge in [0.05, 0.1) is 51.1 Å². The van der Waals surface area contributed by atoms with Crippen LogP contribution in [0.25, 0.3) is 0 Å². The Balaban J connectivity index is 1.47. The van der Waals surface area contributed by atoms with Crippen molar-refractivity contribution in [3.05, 3.63) is 30.1 Å². The van der Waals surface area contributed by atoms with Gasteiger partial charge in [-0.3, -0.25) is 14.4 Å². The summed E-state index contributed by atoms with van der Waals surface area (Å²) in [4.78, 5) is 41.3. The largest absolute Gasteiger partial charge is 0.364 e. The predicted octanol–water partition coefficient (Wildman–Crippen LogP) is -1.57. The number of nitrogens with zero attached hydrogens (tertiary/aromatic N) is 1. The third kappa shape index (κ3) is 3.55. The molecule has 0 radical (unpaired) electrons. The van der Waals surface area contributed by atoms with Crippen LogP contribution < -0.4 is 20.4 Å². The first-order valence-electron chi connectivity index (χ1n) is 10.5. The van der Waals surface area contributed by atoms with E-state index in [1.807, 2.05) is 0 Å². The molecule has 0 saturated carbocycles. The fraction of sp³-hybridized carbons (Fsp3) is 0.571. The van der Waals surface area contributed by atoms with Crippen LogP contribution in [0.3, 0.4) is 0 Å². The van der Waals surface area contributed by atoms with Crippen molar-refractivity contribution in [1.29, 1.82) is 0 Å². The number of amides is 3. The molecule has 3 aliphatic heterocycles. The van der Waals surface area contributed by atoms with Gasteiger partial charge in [-0.25, -0.2) is 9.29 Å². The van der Waals surface area contributed by atoms with Gasteiger partial charge in [0.2, 0.25) is 5.91 Å². The Kier molecular flexibility index (Phi) is 5.40. The summed E-state index contributed by atoms with van der Waals surface area (Å²) in [6, 6.07) is 5.09. The molecular formula is C21H29FN4O3+2. The van der Waals surface area contributed by atoms with Crippen molar-refractivity contribution < 1.29 is 28.6 Å². The van der Waals surface area contributed by atoms with Gasteiger partial charge >= 0.3 is 0 Å². The third-order valence-electron chi connectivity index (χ3n) is 7.06. The van der Waals surface area contributed by atoms with E-state index in [9.17, 15) is 18.8 Å². The molecule has 3 aliphatic rings. The van der Waals surface area contributed by atoms with Crippen LogP contribution in [0.15, 0.2) is 24.3 Å². The summed E-state index contributed by atoms with van der Waals surface area (Å²) >= 11 is 0. The summed E-state index contributed by atoms with van der Waals surface area (Å²) in [6.07, 6.45) is 4.79. The van der Waals surface area contributed by atoms with E-state index in [-0.39, 0.29) is 29.8 Å². The van der Waals surface area contributed by atoms with Crippen molar-refractivity contribution in [2.45, 2.75) is 50.1 Å². The fourth-order valence-corrected chi connectivity index (χ4v) is 5.42. The smallest absolute Gasteiger partial charge is 0.292 e. The van der Waals surface area contributed by atoms with Crippen molar-refractivity contribution >= 4 is 23.4 Å². The number of quaternary nitrogens is 2. The number of carbonyl (C=O) groups excluding carboxylic acids is 3. The molecule has 29 heavy (non-hydrogen) atoms. The monoisotopic (exact) mass is 404 g/mol. The number of rotatable bonds is 4. The van der Waals surface area contributed by atoms with Gasteiger partial charge in [-0.1, -0.05) is 6.07 Å². The van der Waals surface area contributed by atoms with E-state index in [4.69, 9.17) is 5.73 Å². The lowest BCUT2D eigenvalue weighted by Gasteiger charge is -2.44. The van der Waals surface area contributed by atoms with Crippen molar-refractivity contribution in [1.82, 2.24) is 0 Å². The summed E-state index contributed by atoms with van der Waals surface area (Å²) in [5, 5.41) is 0. The molecule has 4 rings (SSSR count). The van der Waals surface area contributed by atoms with E-state index in [0.717, 1.165) is 35.7 Å². The SMILES string of the molecule is NC(=O)C1([NH+]2CCCCC2)CC[NH+]([C@@H]2CC(=O)N(c3cccc(F)c3)C2=O)CC1. The molecule has 0 aromatic heterocycles. The van der Waals surface area contributed by atoms with Crippen LogP contribution in [0.4, 0.5) is 10.1 Å². The van der Waals surface area contributed by atoms with Crippen molar-refractivity contribution in [2.24, 2.45) is 5.73 Å². The second-order valence-electron chi connectivity index (χ2n) is 8.57. The number of piperidine rings is 2. The number of halogens is 1. The van der Waals surface area contributed by atoms with Gasteiger partial charge in [-0.05, 0) is 37.5 Å². The second-order valence-corrected chi connectivity index (χ2v) is 8.57. The van der Waals surface area contributed by atoms with Crippen molar-refractivity contribution in [3.63, 3.8) is 0 Å². The Hall–Kier alpha value is -2.32. The predicted molar refractivity (Wildman–Crippen MR) is 104 cm³/mol. The molecule has 0 bridgehead atoms. The highest BCUT2D eigenvalue weighted by Crippen LogP contribution is 2.23. The topological polar surface area (TPSA) is 89.3 Å². The number of benzene rings is 1. The minimum atomic E-state index is -0.558.